The van der Waals surface area contributed by atoms with Crippen molar-refractivity contribution in [2.45, 2.75) is 13.3 Å². The Balaban J connectivity index is 3.33. The summed E-state index contributed by atoms with van der Waals surface area (Å²) >= 11 is 0. The minimum atomic E-state index is -0.790. The van der Waals surface area contributed by atoms with Gasteiger partial charge in [0.1, 0.15) is 0 Å². The van der Waals surface area contributed by atoms with Crippen molar-refractivity contribution >= 4 is 11.9 Å². The minimum absolute atomic E-state index is 0.0733. The van der Waals surface area contributed by atoms with Gasteiger partial charge in [0, 0.05) is 6.08 Å². The van der Waals surface area contributed by atoms with Gasteiger partial charge in [0.25, 0.3) is 0 Å². The van der Waals surface area contributed by atoms with E-state index in [9.17, 15) is 19.7 Å². The van der Waals surface area contributed by atoms with Crippen LogP contribution in [0.25, 0.3) is 0 Å². The van der Waals surface area contributed by atoms with Crippen LogP contribution in [0.4, 0.5) is 0 Å². The van der Waals surface area contributed by atoms with Gasteiger partial charge in [0.15, 0.2) is 0 Å². The second-order valence-electron chi connectivity index (χ2n) is 3.81. The third-order valence-corrected chi connectivity index (χ3v) is 2.68. The number of ether oxygens (including phenoxy) is 2. The average molecular weight is 255 g/mol. The zero-order valence-electron chi connectivity index (χ0n) is 10.3. The molecule has 0 saturated heterocycles. The molecule has 0 saturated carbocycles. The van der Waals surface area contributed by atoms with Crippen molar-refractivity contribution in [3.05, 3.63) is 33.0 Å². The first-order chi connectivity index (χ1) is 8.42. The van der Waals surface area contributed by atoms with Gasteiger partial charge in [-0.1, -0.05) is 6.92 Å². The summed E-state index contributed by atoms with van der Waals surface area (Å²) in [4.78, 5) is 33.3. The molecule has 0 aliphatic heterocycles. The van der Waals surface area contributed by atoms with Crippen LogP contribution in [-0.2, 0) is 19.1 Å². The summed E-state index contributed by atoms with van der Waals surface area (Å²) in [6.45, 7) is 1.60. The summed E-state index contributed by atoms with van der Waals surface area (Å²) in [6, 6.07) is 0. The maximum absolute atomic E-state index is 11.5. The molecule has 1 rings (SSSR count). The molecular weight excluding hydrogens is 242 g/mol. The number of esters is 2. The Labute approximate surface area is 103 Å². The molecule has 0 N–H and O–H groups in total. The Bertz CT molecular complexity index is 462. The Kier molecular flexibility index (Phi) is 4.19. The lowest BCUT2D eigenvalue weighted by Gasteiger charge is -2.18. The molecule has 18 heavy (non-hydrogen) atoms. The highest BCUT2D eigenvalue weighted by atomic mass is 16.6. The van der Waals surface area contributed by atoms with Crippen LogP contribution >= 0.6 is 0 Å². The number of carbonyl (C=O) groups is 2. The van der Waals surface area contributed by atoms with Crippen molar-refractivity contribution < 1.29 is 24.0 Å². The highest BCUT2D eigenvalue weighted by Crippen LogP contribution is 2.30. The van der Waals surface area contributed by atoms with Crippen LogP contribution in [-0.4, -0.2) is 31.1 Å². The predicted molar refractivity (Wildman–Crippen MR) is 59.9 cm³/mol. The number of allylic oxidation sites excluding steroid dienone is 1. The summed E-state index contributed by atoms with van der Waals surface area (Å²) in [6.07, 6.45) is 1.15. The zero-order chi connectivity index (χ0) is 13.9. The van der Waals surface area contributed by atoms with E-state index >= 15 is 0 Å². The first kappa shape index (κ1) is 13.9. The molecule has 0 aromatic heterocycles. The van der Waals surface area contributed by atoms with Gasteiger partial charge in [-0.25, -0.2) is 9.59 Å². The molecule has 98 valence electrons. The van der Waals surface area contributed by atoms with Crippen molar-refractivity contribution in [2.75, 3.05) is 14.2 Å². The normalized spacial score (nSPS) is 19.1. The number of nitrogens with zero attached hydrogens (tertiary/aromatic N) is 1. The van der Waals surface area contributed by atoms with Crippen LogP contribution < -0.4 is 0 Å². The molecule has 0 aromatic carbocycles. The van der Waals surface area contributed by atoms with Crippen molar-refractivity contribution in [2.24, 2.45) is 5.92 Å². The highest BCUT2D eigenvalue weighted by Gasteiger charge is 2.34. The first-order valence-corrected chi connectivity index (χ1v) is 5.18. The van der Waals surface area contributed by atoms with E-state index in [1.54, 1.807) is 6.92 Å². The Morgan fingerprint density at radius 1 is 1.33 bits per heavy atom. The lowest BCUT2D eigenvalue weighted by molar-refractivity contribution is -0.433. The number of methoxy groups -OCH3 is 2. The monoisotopic (exact) mass is 255 g/mol. The van der Waals surface area contributed by atoms with Gasteiger partial charge < -0.3 is 9.47 Å². The molecule has 0 spiro atoms. The lowest BCUT2D eigenvalue weighted by atomic mass is 9.88. The largest absolute Gasteiger partial charge is 0.466 e. The molecule has 0 heterocycles. The topological polar surface area (TPSA) is 95.7 Å². The smallest absolute Gasteiger partial charge is 0.338 e. The molecule has 0 fully saturated rings. The Morgan fingerprint density at radius 2 is 1.89 bits per heavy atom. The van der Waals surface area contributed by atoms with E-state index in [1.807, 2.05) is 0 Å². The van der Waals surface area contributed by atoms with Crippen molar-refractivity contribution in [3.8, 4) is 0 Å². The van der Waals surface area contributed by atoms with Crippen LogP contribution in [0.3, 0.4) is 0 Å². The Hall–Kier alpha value is -2.18. The van der Waals surface area contributed by atoms with E-state index in [0.29, 0.717) is 0 Å². The van der Waals surface area contributed by atoms with Crippen LogP contribution in [0.2, 0.25) is 0 Å². The van der Waals surface area contributed by atoms with Crippen LogP contribution in [0.1, 0.15) is 13.3 Å². The van der Waals surface area contributed by atoms with E-state index in [2.05, 4.69) is 9.47 Å². The second-order valence-corrected chi connectivity index (χ2v) is 3.81. The summed E-state index contributed by atoms with van der Waals surface area (Å²) in [7, 11) is 2.32. The quantitative estimate of drug-likeness (QED) is 0.421. The van der Waals surface area contributed by atoms with Gasteiger partial charge >= 0.3 is 11.9 Å². The van der Waals surface area contributed by atoms with E-state index < -0.39 is 22.8 Å². The van der Waals surface area contributed by atoms with Gasteiger partial charge in [-0.05, 0) is 6.42 Å². The zero-order valence-corrected chi connectivity index (χ0v) is 10.3. The van der Waals surface area contributed by atoms with Crippen molar-refractivity contribution in [1.82, 2.24) is 0 Å². The van der Waals surface area contributed by atoms with E-state index in [1.165, 1.54) is 7.11 Å². The minimum Gasteiger partial charge on any atom is -0.466 e. The summed E-state index contributed by atoms with van der Waals surface area (Å²) in [5.41, 5.74) is -0.139. The number of hydrogen-bond donors (Lipinski definition) is 0. The van der Waals surface area contributed by atoms with Crippen LogP contribution in [0.5, 0.6) is 0 Å². The second kappa shape index (κ2) is 5.44. The Morgan fingerprint density at radius 3 is 2.33 bits per heavy atom. The molecule has 7 nitrogen and oxygen atoms in total. The summed E-state index contributed by atoms with van der Waals surface area (Å²) in [5.74, 6) is -1.94. The van der Waals surface area contributed by atoms with Crippen LogP contribution in [0, 0.1) is 16.0 Å². The molecule has 1 atom stereocenters. The fourth-order valence-corrected chi connectivity index (χ4v) is 1.74. The maximum atomic E-state index is 11.5. The molecule has 1 aliphatic carbocycles. The molecule has 7 heteroatoms. The predicted octanol–water partition coefficient (Wildman–Crippen LogP) is 0.829. The SMILES string of the molecule is COC(=O)C1=C(C(=O)OC)CC(C)C([N+](=O)[O-])=C1. The maximum Gasteiger partial charge on any atom is 0.338 e. The van der Waals surface area contributed by atoms with Crippen molar-refractivity contribution in [3.63, 3.8) is 0 Å². The van der Waals surface area contributed by atoms with Crippen LogP contribution in [0.15, 0.2) is 22.9 Å². The van der Waals surface area contributed by atoms with E-state index in [0.717, 1.165) is 13.2 Å². The fourth-order valence-electron chi connectivity index (χ4n) is 1.74. The summed E-state index contributed by atoms with van der Waals surface area (Å²) in [5, 5.41) is 10.8. The average Bonchev–Trinajstić information content (AvgIpc) is 2.36. The number of hydrogen-bond acceptors (Lipinski definition) is 6. The third-order valence-electron chi connectivity index (χ3n) is 2.68. The molecule has 0 radical (unpaired) electrons. The van der Waals surface area contributed by atoms with Gasteiger partial charge in [-0.3, -0.25) is 10.1 Å². The molecular formula is C11H13NO6. The van der Waals surface area contributed by atoms with Gasteiger partial charge in [-0.2, -0.15) is 0 Å². The number of carbonyl (C=O) groups excluding carboxylic acids is 2. The molecule has 0 bridgehead atoms. The fraction of sp³-hybridized carbons (Fsp3) is 0.455. The van der Waals surface area contributed by atoms with Crippen molar-refractivity contribution in [1.29, 1.82) is 0 Å². The summed E-state index contributed by atoms with van der Waals surface area (Å²) < 4.78 is 9.06. The lowest BCUT2D eigenvalue weighted by Crippen LogP contribution is -2.23. The molecule has 0 amide bonds. The standard InChI is InChI=1S/C11H13NO6/c1-6-4-7(10(13)17-2)8(11(14)18-3)5-9(6)12(15)16/h5-6H,4H2,1-3H3. The third kappa shape index (κ3) is 2.55. The highest BCUT2D eigenvalue weighted by molar-refractivity contribution is 6.02. The molecule has 1 unspecified atom stereocenters. The van der Waals surface area contributed by atoms with Gasteiger partial charge in [0.2, 0.25) is 5.70 Å². The van der Waals surface area contributed by atoms with Gasteiger partial charge in [-0.15, -0.1) is 0 Å². The number of rotatable bonds is 3. The number of nitro groups is 1. The molecule has 0 aromatic rings. The van der Waals surface area contributed by atoms with Gasteiger partial charge in [0.05, 0.1) is 36.2 Å². The first-order valence-electron chi connectivity index (χ1n) is 5.18. The molecule has 1 aliphatic rings. The van der Waals surface area contributed by atoms with E-state index in [-0.39, 0.29) is 23.3 Å². The van der Waals surface area contributed by atoms with E-state index in [4.69, 9.17) is 0 Å².